The number of rotatable bonds is 6. The molecule has 5 N–H and O–H groups in total. The summed E-state index contributed by atoms with van der Waals surface area (Å²) in [7, 11) is 0. The highest BCUT2D eigenvalue weighted by Crippen LogP contribution is 2.70. The van der Waals surface area contributed by atoms with Gasteiger partial charge in [0.05, 0.1) is 12.5 Å². The largest absolute Gasteiger partial charge is 0.480 e. The highest BCUT2D eigenvalue weighted by atomic mass is 19.1. The Morgan fingerprint density at radius 1 is 1.28 bits per heavy atom. The van der Waals surface area contributed by atoms with E-state index in [1.165, 1.54) is 12.2 Å². The van der Waals surface area contributed by atoms with Gasteiger partial charge in [0.1, 0.15) is 11.6 Å². The smallest absolute Gasteiger partial charge is 0.321 e. The van der Waals surface area contributed by atoms with Crippen LogP contribution in [0.3, 0.4) is 0 Å². The van der Waals surface area contributed by atoms with Gasteiger partial charge in [-0.1, -0.05) is 25.5 Å². The first-order valence-electron chi connectivity index (χ1n) is 12.3. The molecule has 0 aliphatic heterocycles. The molecule has 0 heterocycles. The molecule has 0 amide bonds. The molecule has 9 atom stereocenters. The van der Waals surface area contributed by atoms with E-state index in [2.05, 4.69) is 0 Å². The lowest BCUT2D eigenvalue weighted by Gasteiger charge is -2.62. The summed E-state index contributed by atoms with van der Waals surface area (Å²) in [4.78, 5) is 48.1. The number of fused-ring (bicyclic) bond motifs is 5. The van der Waals surface area contributed by atoms with Gasteiger partial charge in [-0.05, 0) is 56.6 Å². The van der Waals surface area contributed by atoms with E-state index in [0.29, 0.717) is 24.8 Å². The predicted octanol–water partition coefficient (Wildman–Crippen LogP) is 1.25. The molecule has 0 saturated heterocycles. The molecule has 3 saturated carbocycles. The van der Waals surface area contributed by atoms with E-state index in [4.69, 9.17) is 15.6 Å². The number of aliphatic hydroxyl groups excluding tert-OH is 1. The number of allylic oxidation sites excluding steroid dienone is 4. The zero-order valence-electron chi connectivity index (χ0n) is 20.7. The van der Waals surface area contributed by atoms with Gasteiger partial charge in [-0.2, -0.15) is 0 Å². The quantitative estimate of drug-likeness (QED) is 0.387. The Kier molecular flexibility index (Phi) is 6.33. The Bertz CT molecular complexity index is 1070. The highest BCUT2D eigenvalue weighted by molar-refractivity contribution is 6.01. The molecule has 4 rings (SSSR count). The number of nitrogens with two attached hydrogens (primary N) is 1. The van der Waals surface area contributed by atoms with Crippen molar-refractivity contribution in [3.63, 3.8) is 0 Å². The van der Waals surface area contributed by atoms with Gasteiger partial charge >= 0.3 is 11.9 Å². The molecule has 0 bridgehead atoms. The third-order valence-electron chi connectivity index (χ3n) is 9.72. The van der Waals surface area contributed by atoms with Gasteiger partial charge in [0.15, 0.2) is 18.1 Å². The number of ether oxygens (including phenoxy) is 1. The monoisotopic (exact) mass is 507 g/mol. The summed E-state index contributed by atoms with van der Waals surface area (Å²) in [5, 5.41) is 32.0. The maximum absolute atomic E-state index is 17.1. The molecule has 9 nitrogen and oxygen atoms in total. The van der Waals surface area contributed by atoms with Crippen molar-refractivity contribution in [3.8, 4) is 0 Å². The molecule has 0 aromatic rings. The summed E-state index contributed by atoms with van der Waals surface area (Å²) >= 11 is 0. The minimum absolute atomic E-state index is 0.195. The number of aliphatic hydroxyl groups is 2. The topological polar surface area (TPSA) is 164 Å². The molecule has 0 unspecified atom stereocenters. The second-order valence-electron chi connectivity index (χ2n) is 11.4. The van der Waals surface area contributed by atoms with E-state index in [1.807, 2.05) is 0 Å². The molecule has 10 heteroatoms. The molecule has 0 aromatic heterocycles. The number of ketones is 2. The normalized spacial score (nSPS) is 44.1. The summed E-state index contributed by atoms with van der Waals surface area (Å²) in [5.41, 5.74) is -0.495. The predicted molar refractivity (Wildman–Crippen MR) is 124 cm³/mol. The second kappa shape index (κ2) is 8.56. The van der Waals surface area contributed by atoms with Crippen molar-refractivity contribution in [2.45, 2.75) is 76.3 Å². The van der Waals surface area contributed by atoms with Crippen LogP contribution >= 0.6 is 0 Å². The van der Waals surface area contributed by atoms with E-state index >= 15 is 4.39 Å². The molecule has 198 valence electrons. The molecule has 4 aliphatic rings. The number of esters is 1. The van der Waals surface area contributed by atoms with Crippen molar-refractivity contribution in [1.82, 2.24) is 0 Å². The number of aliphatic carboxylic acids is 1. The zero-order chi connectivity index (χ0) is 26.8. The lowest BCUT2D eigenvalue weighted by Crippen LogP contribution is -2.69. The van der Waals surface area contributed by atoms with Gasteiger partial charge in [-0.25, -0.2) is 4.39 Å². The third-order valence-corrected chi connectivity index (χ3v) is 9.72. The number of carboxylic acids is 1. The van der Waals surface area contributed by atoms with E-state index in [-0.39, 0.29) is 12.2 Å². The fourth-order valence-electron chi connectivity index (χ4n) is 7.72. The van der Waals surface area contributed by atoms with E-state index in [0.717, 1.165) is 0 Å². The average molecular weight is 508 g/mol. The first-order chi connectivity index (χ1) is 16.6. The fourth-order valence-corrected chi connectivity index (χ4v) is 7.72. The van der Waals surface area contributed by atoms with Crippen LogP contribution in [0.1, 0.15) is 52.9 Å². The van der Waals surface area contributed by atoms with Gasteiger partial charge in [0.25, 0.3) is 0 Å². The molecule has 36 heavy (non-hydrogen) atoms. The van der Waals surface area contributed by atoms with Crippen LogP contribution in [0.25, 0.3) is 0 Å². The SMILES string of the molecule is C[C@@H]1C[C@H]2[C@@H]3CCC4=CC(=O)C=C[C@]4(C)[C@@]3(F)[C@@H](O)C[C@]2(C)[C@@]1(O)C(=O)COC(=O)C[C@H](N)C(=O)O. The molecule has 0 radical (unpaired) electrons. The summed E-state index contributed by atoms with van der Waals surface area (Å²) in [5.74, 6) is -5.10. The molecular weight excluding hydrogens is 473 g/mol. The van der Waals surface area contributed by atoms with Crippen molar-refractivity contribution in [3.05, 3.63) is 23.8 Å². The van der Waals surface area contributed by atoms with Crippen molar-refractivity contribution in [1.29, 1.82) is 0 Å². The number of hydrogen-bond donors (Lipinski definition) is 4. The van der Waals surface area contributed by atoms with E-state index in [1.54, 1.807) is 26.8 Å². The zero-order valence-corrected chi connectivity index (χ0v) is 20.7. The molecular formula is C26H34FNO8. The number of hydrogen-bond acceptors (Lipinski definition) is 8. The van der Waals surface area contributed by atoms with E-state index in [9.17, 15) is 29.4 Å². The number of alkyl halides is 1. The standard InChI is InChI=1S/C26H34FNO8/c1-13-8-17-16-5-4-14-9-15(29)6-7-23(14,2)25(16,27)19(30)11-24(17,3)26(13,35)20(31)12-36-21(32)10-18(28)22(33)34/h6-7,9,13,16-19,30,35H,4-5,8,10-12,28H2,1-3H3,(H,33,34)/t13-,16+,17+,18+,19+,23+,24+,25+,26+/m1/s1. The molecule has 0 aromatic carbocycles. The molecule has 3 fully saturated rings. The number of Topliss-reactive ketones (excluding diaryl/α,β-unsaturated/α-hetero) is 1. The summed E-state index contributed by atoms with van der Waals surface area (Å²) in [6.07, 6.45) is 3.12. The average Bonchev–Trinajstić information content (AvgIpc) is 3.00. The van der Waals surface area contributed by atoms with Crippen molar-refractivity contribution in [2.24, 2.45) is 34.3 Å². The summed E-state index contributed by atoms with van der Waals surface area (Å²) in [6, 6.07) is -1.48. The van der Waals surface area contributed by atoms with Crippen LogP contribution in [-0.2, 0) is 23.9 Å². The third kappa shape index (κ3) is 3.44. The van der Waals surface area contributed by atoms with Crippen LogP contribution in [0.4, 0.5) is 4.39 Å². The lowest BCUT2D eigenvalue weighted by molar-refractivity contribution is -0.220. The van der Waals surface area contributed by atoms with Gasteiger partial charge in [-0.15, -0.1) is 0 Å². The van der Waals surface area contributed by atoms with Crippen LogP contribution in [0.5, 0.6) is 0 Å². The van der Waals surface area contributed by atoms with Crippen LogP contribution in [-0.4, -0.2) is 68.8 Å². The summed E-state index contributed by atoms with van der Waals surface area (Å²) in [6.45, 7) is 4.27. The van der Waals surface area contributed by atoms with Crippen LogP contribution < -0.4 is 5.73 Å². The van der Waals surface area contributed by atoms with Crippen molar-refractivity contribution >= 4 is 23.5 Å². The van der Waals surface area contributed by atoms with Crippen LogP contribution in [0.2, 0.25) is 0 Å². The maximum Gasteiger partial charge on any atom is 0.321 e. The number of carbonyl (C=O) groups is 4. The van der Waals surface area contributed by atoms with Crippen molar-refractivity contribution < 1.29 is 43.6 Å². The molecule has 4 aliphatic carbocycles. The Balaban J connectivity index is 1.61. The number of halogens is 1. The minimum atomic E-state index is -2.09. The Labute approximate surface area is 208 Å². The van der Waals surface area contributed by atoms with Crippen LogP contribution in [0, 0.1) is 28.6 Å². The second-order valence-corrected chi connectivity index (χ2v) is 11.4. The Morgan fingerprint density at radius 3 is 2.58 bits per heavy atom. The Hall–Kier alpha value is -2.43. The van der Waals surface area contributed by atoms with Gasteiger partial charge in [0.2, 0.25) is 5.78 Å². The minimum Gasteiger partial charge on any atom is -0.480 e. The first kappa shape index (κ1) is 26.6. The van der Waals surface area contributed by atoms with Gasteiger partial charge < -0.3 is 25.8 Å². The fraction of sp³-hybridized carbons (Fsp3) is 0.692. The maximum atomic E-state index is 17.1. The van der Waals surface area contributed by atoms with Crippen molar-refractivity contribution in [2.75, 3.05) is 6.61 Å². The first-order valence-corrected chi connectivity index (χ1v) is 12.3. The van der Waals surface area contributed by atoms with Gasteiger partial charge in [-0.3, -0.25) is 19.2 Å². The Morgan fingerprint density at radius 2 is 1.94 bits per heavy atom. The highest BCUT2D eigenvalue weighted by Gasteiger charge is 2.75. The van der Waals surface area contributed by atoms with Gasteiger partial charge in [0, 0.05) is 16.7 Å². The summed E-state index contributed by atoms with van der Waals surface area (Å²) < 4.78 is 22.1. The lowest BCUT2D eigenvalue weighted by atomic mass is 9.44. The number of carbonyl (C=O) groups excluding carboxylic acids is 3. The van der Waals surface area contributed by atoms with E-state index < -0.39 is 82.7 Å². The molecule has 0 spiro atoms. The van der Waals surface area contributed by atoms with Crippen LogP contribution in [0.15, 0.2) is 23.8 Å². The number of carboxylic acid groups (broad SMARTS) is 1.